The number of halogens is 2. The number of rotatable bonds is 2. The molecule has 0 fully saturated rings. The third kappa shape index (κ3) is 2.11. The van der Waals surface area contributed by atoms with E-state index in [1.54, 1.807) is 6.92 Å². The van der Waals surface area contributed by atoms with E-state index in [4.69, 9.17) is 33.7 Å². The fraction of sp³-hybridized carbons (Fsp3) is 0.222. The first-order chi connectivity index (χ1) is 6.57. The summed E-state index contributed by atoms with van der Waals surface area (Å²) in [6.07, 6.45) is 0. The van der Waals surface area contributed by atoms with Crippen LogP contribution >= 0.6 is 23.2 Å². The summed E-state index contributed by atoms with van der Waals surface area (Å²) < 4.78 is 4.78. The van der Waals surface area contributed by atoms with Gasteiger partial charge >= 0.3 is 5.97 Å². The summed E-state index contributed by atoms with van der Waals surface area (Å²) in [4.78, 5) is 11.4. The van der Waals surface area contributed by atoms with E-state index in [1.165, 1.54) is 12.1 Å². The van der Waals surface area contributed by atoms with Crippen molar-refractivity contribution < 1.29 is 9.53 Å². The smallest absolute Gasteiger partial charge is 0.341 e. The maximum Gasteiger partial charge on any atom is 0.341 e. The van der Waals surface area contributed by atoms with Gasteiger partial charge in [-0.2, -0.15) is 0 Å². The molecule has 5 heteroatoms. The standard InChI is InChI=1S/C9H9Cl2NO2/c1-2-14-9(13)7-5(10)3-4-6(12)8(7)11/h3-4H,2,12H2,1H3. The summed E-state index contributed by atoms with van der Waals surface area (Å²) in [6.45, 7) is 1.96. The lowest BCUT2D eigenvalue weighted by atomic mass is 10.2. The minimum atomic E-state index is -0.560. The molecule has 0 aromatic heterocycles. The van der Waals surface area contributed by atoms with Crippen LogP contribution in [0.5, 0.6) is 0 Å². The van der Waals surface area contributed by atoms with Crippen molar-refractivity contribution in [2.45, 2.75) is 6.92 Å². The summed E-state index contributed by atoms with van der Waals surface area (Å²) in [7, 11) is 0. The number of anilines is 1. The fourth-order valence-corrected chi connectivity index (χ4v) is 1.48. The first-order valence-electron chi connectivity index (χ1n) is 3.98. The zero-order valence-corrected chi connectivity index (χ0v) is 9.02. The Bertz CT molecular complexity index is 366. The van der Waals surface area contributed by atoms with Crippen LogP contribution in [0.1, 0.15) is 17.3 Å². The number of hydrogen-bond acceptors (Lipinski definition) is 3. The van der Waals surface area contributed by atoms with Crippen molar-refractivity contribution in [3.63, 3.8) is 0 Å². The molecule has 0 radical (unpaired) electrons. The number of carbonyl (C=O) groups excluding carboxylic acids is 1. The van der Waals surface area contributed by atoms with Crippen LogP contribution in [0.4, 0.5) is 5.69 Å². The van der Waals surface area contributed by atoms with Crippen LogP contribution in [0.3, 0.4) is 0 Å². The number of ether oxygens (including phenoxy) is 1. The topological polar surface area (TPSA) is 52.3 Å². The maximum absolute atomic E-state index is 11.4. The van der Waals surface area contributed by atoms with Gasteiger partial charge in [-0.3, -0.25) is 0 Å². The van der Waals surface area contributed by atoms with Gasteiger partial charge in [0, 0.05) is 0 Å². The Morgan fingerprint density at radius 1 is 1.50 bits per heavy atom. The Balaban J connectivity index is 3.18. The summed E-state index contributed by atoms with van der Waals surface area (Å²) >= 11 is 11.6. The highest BCUT2D eigenvalue weighted by atomic mass is 35.5. The molecule has 0 amide bonds. The maximum atomic E-state index is 11.4. The molecule has 0 aliphatic heterocycles. The molecule has 0 spiro atoms. The van der Waals surface area contributed by atoms with Gasteiger partial charge in [0.15, 0.2) is 0 Å². The lowest BCUT2D eigenvalue weighted by molar-refractivity contribution is 0.0527. The van der Waals surface area contributed by atoms with Crippen LogP contribution in [0.2, 0.25) is 10.0 Å². The number of esters is 1. The molecule has 0 aliphatic carbocycles. The third-order valence-electron chi connectivity index (χ3n) is 1.60. The van der Waals surface area contributed by atoms with Crippen molar-refractivity contribution in [1.82, 2.24) is 0 Å². The molecule has 14 heavy (non-hydrogen) atoms. The van der Waals surface area contributed by atoms with Gasteiger partial charge in [-0.1, -0.05) is 23.2 Å². The normalized spacial score (nSPS) is 9.93. The van der Waals surface area contributed by atoms with E-state index >= 15 is 0 Å². The number of nitrogen functional groups attached to an aromatic ring is 1. The zero-order chi connectivity index (χ0) is 10.7. The Kier molecular flexibility index (Phi) is 3.61. The molecule has 0 bridgehead atoms. The van der Waals surface area contributed by atoms with Crippen molar-refractivity contribution in [2.24, 2.45) is 0 Å². The Morgan fingerprint density at radius 3 is 2.71 bits per heavy atom. The number of benzene rings is 1. The highest BCUT2D eigenvalue weighted by Crippen LogP contribution is 2.30. The van der Waals surface area contributed by atoms with Gasteiger partial charge in [-0.15, -0.1) is 0 Å². The van der Waals surface area contributed by atoms with Gasteiger partial charge in [0.1, 0.15) is 0 Å². The minimum Gasteiger partial charge on any atom is -0.462 e. The average molecular weight is 234 g/mol. The summed E-state index contributed by atoms with van der Waals surface area (Å²) in [6, 6.07) is 3.04. The van der Waals surface area contributed by atoms with Crippen LogP contribution in [0.15, 0.2) is 12.1 Å². The average Bonchev–Trinajstić information content (AvgIpc) is 2.13. The fourth-order valence-electron chi connectivity index (χ4n) is 0.959. The lowest BCUT2D eigenvalue weighted by Gasteiger charge is -2.07. The molecule has 1 aromatic rings. The van der Waals surface area contributed by atoms with Crippen molar-refractivity contribution in [3.8, 4) is 0 Å². The lowest BCUT2D eigenvalue weighted by Crippen LogP contribution is -2.07. The first-order valence-corrected chi connectivity index (χ1v) is 4.74. The molecule has 0 atom stereocenters. The van der Waals surface area contributed by atoms with Crippen LogP contribution in [0, 0.1) is 0 Å². The largest absolute Gasteiger partial charge is 0.462 e. The van der Waals surface area contributed by atoms with Gasteiger partial charge in [0.25, 0.3) is 0 Å². The molecular formula is C9H9Cl2NO2. The summed E-state index contributed by atoms with van der Waals surface area (Å²) in [5.41, 5.74) is 5.95. The Labute approximate surface area is 91.7 Å². The molecule has 2 N–H and O–H groups in total. The van der Waals surface area contributed by atoms with E-state index in [1.807, 2.05) is 0 Å². The highest BCUT2D eigenvalue weighted by Gasteiger charge is 2.17. The van der Waals surface area contributed by atoms with Gasteiger partial charge in [0.2, 0.25) is 0 Å². The van der Waals surface area contributed by atoms with Gasteiger partial charge in [0.05, 0.1) is 27.9 Å². The quantitative estimate of drug-likeness (QED) is 0.632. The molecular weight excluding hydrogens is 225 g/mol. The predicted molar refractivity (Wildman–Crippen MR) is 56.8 cm³/mol. The molecule has 3 nitrogen and oxygen atoms in total. The summed E-state index contributed by atoms with van der Waals surface area (Å²) in [5.74, 6) is -0.560. The summed E-state index contributed by atoms with van der Waals surface area (Å²) in [5, 5.41) is 0.374. The Morgan fingerprint density at radius 2 is 2.14 bits per heavy atom. The van der Waals surface area contributed by atoms with Crippen molar-refractivity contribution in [1.29, 1.82) is 0 Å². The second kappa shape index (κ2) is 4.53. The van der Waals surface area contributed by atoms with Crippen LogP contribution in [-0.2, 0) is 4.74 Å². The SMILES string of the molecule is CCOC(=O)c1c(Cl)ccc(N)c1Cl. The van der Waals surface area contributed by atoms with E-state index in [0.717, 1.165) is 0 Å². The monoisotopic (exact) mass is 233 g/mol. The van der Waals surface area contributed by atoms with Gasteiger partial charge < -0.3 is 10.5 Å². The van der Waals surface area contributed by atoms with Gasteiger partial charge in [-0.25, -0.2) is 4.79 Å². The number of hydrogen-bond donors (Lipinski definition) is 1. The molecule has 1 aromatic carbocycles. The third-order valence-corrected chi connectivity index (χ3v) is 2.32. The molecule has 0 aliphatic rings. The van der Waals surface area contributed by atoms with E-state index < -0.39 is 5.97 Å². The minimum absolute atomic E-state index is 0.121. The predicted octanol–water partition coefficient (Wildman–Crippen LogP) is 2.75. The molecule has 0 heterocycles. The zero-order valence-electron chi connectivity index (χ0n) is 7.51. The Hall–Kier alpha value is -0.930. The number of carbonyl (C=O) groups is 1. The molecule has 0 saturated heterocycles. The van der Waals surface area contributed by atoms with Crippen LogP contribution in [0.25, 0.3) is 0 Å². The van der Waals surface area contributed by atoms with E-state index in [9.17, 15) is 4.79 Å². The van der Waals surface area contributed by atoms with Crippen LogP contribution in [-0.4, -0.2) is 12.6 Å². The molecule has 1 rings (SSSR count). The number of nitrogens with two attached hydrogens (primary N) is 1. The van der Waals surface area contributed by atoms with Crippen molar-refractivity contribution >= 4 is 34.9 Å². The van der Waals surface area contributed by atoms with Crippen LogP contribution < -0.4 is 5.73 Å². The highest BCUT2D eigenvalue weighted by molar-refractivity contribution is 6.40. The molecule has 0 unspecified atom stereocenters. The van der Waals surface area contributed by atoms with Crippen molar-refractivity contribution in [3.05, 3.63) is 27.7 Å². The van der Waals surface area contributed by atoms with Crippen molar-refractivity contribution in [2.75, 3.05) is 12.3 Å². The molecule has 76 valence electrons. The van der Waals surface area contributed by atoms with E-state index in [0.29, 0.717) is 5.69 Å². The first kappa shape index (κ1) is 11.1. The second-order valence-electron chi connectivity index (χ2n) is 2.55. The van der Waals surface area contributed by atoms with E-state index in [2.05, 4.69) is 0 Å². The second-order valence-corrected chi connectivity index (χ2v) is 3.33. The van der Waals surface area contributed by atoms with E-state index in [-0.39, 0.29) is 22.2 Å². The molecule has 0 saturated carbocycles. The van der Waals surface area contributed by atoms with Gasteiger partial charge in [-0.05, 0) is 19.1 Å².